The largest absolute Gasteiger partial charge is 0.310 e. The van der Waals surface area contributed by atoms with Crippen LogP contribution in [0.25, 0.3) is 44.9 Å². The lowest BCUT2D eigenvalue weighted by Crippen LogP contribution is -2.28. The van der Waals surface area contributed by atoms with Gasteiger partial charge in [-0.15, -0.1) is 0 Å². The van der Waals surface area contributed by atoms with Gasteiger partial charge in [-0.2, -0.15) is 0 Å². The molecule has 3 atom stereocenters. The minimum absolute atomic E-state index is 0.00592. The summed E-state index contributed by atoms with van der Waals surface area (Å²) >= 11 is 0. The summed E-state index contributed by atoms with van der Waals surface area (Å²) in [7, 11) is 0. The predicted molar refractivity (Wildman–Crippen MR) is 256 cm³/mol. The Kier molecular flexibility index (Phi) is 8.48. The summed E-state index contributed by atoms with van der Waals surface area (Å²) in [6, 6.07) is 75.4. The van der Waals surface area contributed by atoms with Crippen LogP contribution < -0.4 is 5.32 Å². The molecular formula is C59H45N3. The number of rotatable bonds is 8. The second-order valence-electron chi connectivity index (χ2n) is 17.2. The number of hydrogen-bond acceptors (Lipinski definition) is 2. The SMILES string of the molecule is CC1C=Cc2c(c3cc4c(cc3n2-c2cccc(C3N[C@@]3(/N=C/c3ccc(-c5ccccc5)cc3)c3ccccc3)c2)-c2ccccc2C4(c2ccccc2)c2ccccc2)C1. The van der Waals surface area contributed by atoms with Crippen molar-refractivity contribution in [2.45, 2.75) is 30.5 Å². The van der Waals surface area contributed by atoms with Gasteiger partial charge in [0.25, 0.3) is 0 Å². The number of nitrogens with zero attached hydrogens (tertiary/aromatic N) is 2. The first-order valence-corrected chi connectivity index (χ1v) is 21.9. The molecule has 3 aliphatic rings. The van der Waals surface area contributed by atoms with Crippen molar-refractivity contribution in [3.8, 4) is 27.9 Å². The highest BCUT2D eigenvalue weighted by Gasteiger charge is 2.56. The molecule has 0 bridgehead atoms. The van der Waals surface area contributed by atoms with Crippen molar-refractivity contribution >= 4 is 23.2 Å². The Morgan fingerprint density at radius 3 is 1.92 bits per heavy atom. The molecule has 0 saturated carbocycles. The Morgan fingerprint density at radius 1 is 0.581 bits per heavy atom. The maximum absolute atomic E-state index is 5.36. The summed E-state index contributed by atoms with van der Waals surface area (Å²) in [4.78, 5) is 5.36. The zero-order valence-corrected chi connectivity index (χ0v) is 34.6. The van der Waals surface area contributed by atoms with E-state index in [0.717, 1.165) is 23.2 Å². The third-order valence-corrected chi connectivity index (χ3v) is 13.6. The lowest BCUT2D eigenvalue weighted by molar-refractivity contribution is 0.695. The van der Waals surface area contributed by atoms with E-state index in [1.165, 1.54) is 72.2 Å². The van der Waals surface area contributed by atoms with E-state index in [-0.39, 0.29) is 6.04 Å². The van der Waals surface area contributed by atoms with Gasteiger partial charge in [0, 0.05) is 23.0 Å². The molecule has 8 aromatic carbocycles. The topological polar surface area (TPSA) is 39.2 Å². The van der Waals surface area contributed by atoms with Gasteiger partial charge in [-0.25, -0.2) is 0 Å². The van der Waals surface area contributed by atoms with Crippen LogP contribution in [0.2, 0.25) is 0 Å². The molecule has 2 heterocycles. The van der Waals surface area contributed by atoms with Crippen LogP contribution in [0.5, 0.6) is 0 Å². The Hall–Kier alpha value is -7.33. The molecule has 0 spiro atoms. The van der Waals surface area contributed by atoms with Crippen LogP contribution in [0.4, 0.5) is 0 Å². The Morgan fingerprint density at radius 2 is 1.21 bits per heavy atom. The Bertz CT molecular complexity index is 3140. The highest BCUT2D eigenvalue weighted by atomic mass is 15.3. The van der Waals surface area contributed by atoms with Crippen LogP contribution in [-0.4, -0.2) is 10.8 Å². The average molecular weight is 796 g/mol. The molecule has 3 nitrogen and oxygen atoms in total. The van der Waals surface area contributed by atoms with E-state index in [2.05, 4.69) is 235 Å². The molecule has 0 radical (unpaired) electrons. The van der Waals surface area contributed by atoms with Crippen LogP contribution in [0.1, 0.15) is 63.2 Å². The molecule has 0 amide bonds. The zero-order valence-electron chi connectivity index (χ0n) is 34.6. The summed E-state index contributed by atoms with van der Waals surface area (Å²) in [6.45, 7) is 2.34. The number of aromatic nitrogens is 1. The van der Waals surface area contributed by atoms with Crippen molar-refractivity contribution in [1.82, 2.24) is 9.88 Å². The van der Waals surface area contributed by atoms with E-state index in [9.17, 15) is 0 Å². The van der Waals surface area contributed by atoms with Crippen LogP contribution in [0, 0.1) is 5.92 Å². The van der Waals surface area contributed by atoms with Crippen molar-refractivity contribution < 1.29 is 0 Å². The first kappa shape index (κ1) is 36.5. The lowest BCUT2D eigenvalue weighted by Gasteiger charge is -2.34. The van der Waals surface area contributed by atoms with Gasteiger partial charge in [0.2, 0.25) is 0 Å². The van der Waals surface area contributed by atoms with E-state index in [1.54, 1.807) is 0 Å². The van der Waals surface area contributed by atoms with Gasteiger partial charge < -0.3 is 4.57 Å². The summed E-state index contributed by atoms with van der Waals surface area (Å²) in [5, 5.41) is 5.19. The van der Waals surface area contributed by atoms with Gasteiger partial charge >= 0.3 is 0 Å². The van der Waals surface area contributed by atoms with Crippen molar-refractivity contribution in [2.24, 2.45) is 10.9 Å². The summed E-state index contributed by atoms with van der Waals surface area (Å²) < 4.78 is 2.52. The Balaban J connectivity index is 0.996. The summed E-state index contributed by atoms with van der Waals surface area (Å²) in [5.74, 6) is 0.445. The fraction of sp³-hybridized carbons (Fsp3) is 0.102. The molecule has 2 aliphatic carbocycles. The van der Waals surface area contributed by atoms with Crippen molar-refractivity contribution in [3.63, 3.8) is 0 Å². The molecule has 1 saturated heterocycles. The Labute approximate surface area is 363 Å². The van der Waals surface area contributed by atoms with Gasteiger partial charge in [-0.3, -0.25) is 10.3 Å². The van der Waals surface area contributed by atoms with E-state index in [1.807, 2.05) is 6.21 Å². The highest BCUT2D eigenvalue weighted by Crippen LogP contribution is 2.58. The predicted octanol–water partition coefficient (Wildman–Crippen LogP) is 13.5. The normalized spacial score (nSPS) is 19.3. The average Bonchev–Trinajstić information content (AvgIpc) is 3.91. The van der Waals surface area contributed by atoms with Crippen LogP contribution in [-0.2, 0) is 17.5 Å². The van der Waals surface area contributed by atoms with Crippen LogP contribution in [0.3, 0.4) is 0 Å². The van der Waals surface area contributed by atoms with Gasteiger partial charge in [-0.1, -0.05) is 195 Å². The monoisotopic (exact) mass is 795 g/mol. The molecule has 1 aliphatic heterocycles. The molecule has 62 heavy (non-hydrogen) atoms. The van der Waals surface area contributed by atoms with E-state index in [0.29, 0.717) is 5.92 Å². The highest BCUT2D eigenvalue weighted by molar-refractivity contribution is 5.99. The van der Waals surface area contributed by atoms with Gasteiger partial charge in [0.15, 0.2) is 5.66 Å². The summed E-state index contributed by atoms with van der Waals surface area (Å²) in [5.41, 5.74) is 17.8. The smallest absolute Gasteiger partial charge is 0.156 e. The van der Waals surface area contributed by atoms with Crippen molar-refractivity contribution in [1.29, 1.82) is 0 Å². The van der Waals surface area contributed by atoms with Gasteiger partial charge in [-0.05, 0) is 109 Å². The first-order valence-electron chi connectivity index (χ1n) is 21.9. The number of nitrogens with one attached hydrogen (secondary N) is 1. The van der Waals surface area contributed by atoms with E-state index in [4.69, 9.17) is 4.99 Å². The summed E-state index contributed by atoms with van der Waals surface area (Å²) in [6.07, 6.45) is 7.77. The third kappa shape index (κ3) is 5.66. The number of fused-ring (bicyclic) bond motifs is 6. The second-order valence-corrected chi connectivity index (χ2v) is 17.2. The zero-order chi connectivity index (χ0) is 41.3. The number of aliphatic imine (C=N–C) groups is 1. The quantitative estimate of drug-likeness (QED) is 0.121. The van der Waals surface area contributed by atoms with E-state index >= 15 is 0 Å². The van der Waals surface area contributed by atoms with Crippen molar-refractivity contribution in [3.05, 3.63) is 263 Å². The second kappa shape index (κ2) is 14.4. The molecule has 12 rings (SSSR count). The molecule has 2 unspecified atom stereocenters. The number of hydrogen-bond donors (Lipinski definition) is 1. The fourth-order valence-electron chi connectivity index (χ4n) is 10.7. The third-order valence-electron chi connectivity index (χ3n) is 13.6. The molecule has 296 valence electrons. The molecule has 1 N–H and O–H groups in total. The minimum atomic E-state index is -0.575. The van der Waals surface area contributed by atoms with E-state index < -0.39 is 11.1 Å². The van der Waals surface area contributed by atoms with Gasteiger partial charge in [0.1, 0.15) is 0 Å². The molecule has 9 aromatic rings. The molecule has 1 fully saturated rings. The maximum Gasteiger partial charge on any atom is 0.156 e. The number of benzene rings is 8. The molecule has 1 aromatic heterocycles. The number of allylic oxidation sites excluding steroid dienone is 1. The minimum Gasteiger partial charge on any atom is -0.310 e. The first-order chi connectivity index (χ1) is 30.6. The van der Waals surface area contributed by atoms with Gasteiger partial charge in [0.05, 0.1) is 17.0 Å². The fourth-order valence-corrected chi connectivity index (χ4v) is 10.7. The molecular weight excluding hydrogens is 751 g/mol. The van der Waals surface area contributed by atoms with Crippen LogP contribution >= 0.6 is 0 Å². The maximum atomic E-state index is 5.36. The standard InChI is InChI=1S/C59H45N3/c1-40-29-34-55-51(35-40)52-37-54-50(49-27-14-15-28-53(49)58(54,45-20-8-3-9-21-45)46-22-10-4-11-23-46)38-56(52)62(55)48-26-16-19-44(36-48)57-59(61-57,47-24-12-5-13-25-47)60-39-41-30-32-43(33-31-41)42-17-6-2-7-18-42/h2-34,36-40,57,61H,35H2,1H3/b60-39+/t40?,57?,59-/m0/s1. The van der Waals surface area contributed by atoms with Crippen LogP contribution in [0.15, 0.2) is 217 Å². The lowest BCUT2D eigenvalue weighted by atomic mass is 9.67. The molecule has 3 heteroatoms. The van der Waals surface area contributed by atoms with Crippen molar-refractivity contribution in [2.75, 3.05) is 0 Å².